The molecule has 2 aromatic carbocycles. The van der Waals surface area contributed by atoms with Crippen molar-refractivity contribution in [2.24, 2.45) is 0 Å². The van der Waals surface area contributed by atoms with Crippen molar-refractivity contribution >= 4 is 11.8 Å². The minimum atomic E-state index is -0.528. The van der Waals surface area contributed by atoms with Crippen LogP contribution in [0.15, 0.2) is 48.5 Å². The molecule has 4 heteroatoms. The fourth-order valence-corrected chi connectivity index (χ4v) is 3.62. The molecule has 2 amide bonds. The van der Waals surface area contributed by atoms with Crippen molar-refractivity contribution in [1.29, 1.82) is 0 Å². The molecule has 0 bridgehead atoms. The first-order valence-corrected chi connectivity index (χ1v) is 11.8. The number of nitrogens with zero attached hydrogens (tertiary/aromatic N) is 1. The van der Waals surface area contributed by atoms with Crippen molar-refractivity contribution in [3.63, 3.8) is 0 Å². The van der Waals surface area contributed by atoms with Crippen LogP contribution in [0.2, 0.25) is 0 Å². The van der Waals surface area contributed by atoms with Crippen LogP contribution in [0.3, 0.4) is 0 Å². The number of hydrogen-bond acceptors (Lipinski definition) is 2. The number of rotatable bonds is 9. The number of carbonyl (C=O) groups is 2. The van der Waals surface area contributed by atoms with Crippen LogP contribution in [0.4, 0.5) is 0 Å². The standard InChI is InChI=1S/C28H40N2O2/c1-8-21(3)29-27(32)22(4)30(19-24-11-9-10-20(2)18-24)26(31)17-14-23-12-15-25(16-13-23)28(5,6)7/h9-13,15-16,18,21-22H,8,14,17,19H2,1-7H3,(H,29,32)/t21-,22+/m1/s1. The average molecular weight is 437 g/mol. The molecule has 0 unspecified atom stereocenters. The number of amides is 2. The zero-order chi connectivity index (χ0) is 23.9. The summed E-state index contributed by atoms with van der Waals surface area (Å²) >= 11 is 0. The molecular weight excluding hydrogens is 396 g/mol. The van der Waals surface area contributed by atoms with Gasteiger partial charge in [0, 0.05) is 19.0 Å². The lowest BCUT2D eigenvalue weighted by Gasteiger charge is -2.30. The highest BCUT2D eigenvalue weighted by molar-refractivity contribution is 5.87. The van der Waals surface area contributed by atoms with Crippen LogP contribution in [-0.2, 0) is 28.0 Å². The van der Waals surface area contributed by atoms with Gasteiger partial charge in [-0.05, 0) is 55.7 Å². The Hall–Kier alpha value is -2.62. The number of hydrogen-bond donors (Lipinski definition) is 1. The van der Waals surface area contributed by atoms with Crippen molar-refractivity contribution in [1.82, 2.24) is 10.2 Å². The maximum atomic E-state index is 13.3. The summed E-state index contributed by atoms with van der Waals surface area (Å²) in [5, 5.41) is 3.02. The Kier molecular flexibility index (Phi) is 9.06. The Morgan fingerprint density at radius 2 is 1.66 bits per heavy atom. The smallest absolute Gasteiger partial charge is 0.242 e. The van der Waals surface area contributed by atoms with Gasteiger partial charge in [-0.15, -0.1) is 0 Å². The minimum Gasteiger partial charge on any atom is -0.352 e. The lowest BCUT2D eigenvalue weighted by atomic mass is 9.86. The molecule has 2 rings (SSSR count). The van der Waals surface area contributed by atoms with Gasteiger partial charge in [0.05, 0.1) is 0 Å². The van der Waals surface area contributed by atoms with E-state index in [1.165, 1.54) is 5.56 Å². The molecule has 0 heterocycles. The Labute approximate surface area is 194 Å². The summed E-state index contributed by atoms with van der Waals surface area (Å²) in [7, 11) is 0. The zero-order valence-corrected chi connectivity index (χ0v) is 20.9. The van der Waals surface area contributed by atoms with Crippen LogP contribution >= 0.6 is 0 Å². The van der Waals surface area contributed by atoms with Gasteiger partial charge in [-0.1, -0.05) is 81.8 Å². The maximum Gasteiger partial charge on any atom is 0.242 e. The third-order valence-electron chi connectivity index (χ3n) is 6.05. The SMILES string of the molecule is CC[C@@H](C)NC(=O)[C@H](C)N(Cc1cccc(C)c1)C(=O)CCc1ccc(C(C)(C)C)cc1. The van der Waals surface area contributed by atoms with Gasteiger partial charge in [-0.3, -0.25) is 9.59 Å². The van der Waals surface area contributed by atoms with E-state index in [-0.39, 0.29) is 23.3 Å². The molecule has 0 aliphatic rings. The van der Waals surface area contributed by atoms with Crippen LogP contribution in [0.25, 0.3) is 0 Å². The largest absolute Gasteiger partial charge is 0.352 e. The van der Waals surface area contributed by atoms with Gasteiger partial charge in [0.1, 0.15) is 6.04 Å². The van der Waals surface area contributed by atoms with E-state index in [1.807, 2.05) is 45.9 Å². The minimum absolute atomic E-state index is 0.00166. The third kappa shape index (κ3) is 7.51. The topological polar surface area (TPSA) is 49.4 Å². The first-order valence-electron chi connectivity index (χ1n) is 11.8. The van der Waals surface area contributed by atoms with Crippen LogP contribution in [0, 0.1) is 6.92 Å². The summed E-state index contributed by atoms with van der Waals surface area (Å²) < 4.78 is 0. The van der Waals surface area contributed by atoms with Crippen LogP contribution in [0.1, 0.15) is 76.6 Å². The molecule has 0 saturated heterocycles. The molecule has 2 atom stereocenters. The lowest BCUT2D eigenvalue weighted by molar-refractivity contribution is -0.140. The van der Waals surface area contributed by atoms with Crippen molar-refractivity contribution < 1.29 is 9.59 Å². The van der Waals surface area contributed by atoms with Crippen molar-refractivity contribution in [3.05, 3.63) is 70.8 Å². The lowest BCUT2D eigenvalue weighted by Crippen LogP contribution is -2.49. The molecule has 0 aromatic heterocycles. The second-order valence-corrected chi connectivity index (χ2v) is 9.95. The Morgan fingerprint density at radius 1 is 1.00 bits per heavy atom. The number of aryl methyl sites for hydroxylation is 2. The van der Waals surface area contributed by atoms with Gasteiger partial charge in [0.25, 0.3) is 0 Å². The summed E-state index contributed by atoms with van der Waals surface area (Å²) in [6, 6.07) is 16.2. The highest BCUT2D eigenvalue weighted by Gasteiger charge is 2.26. The highest BCUT2D eigenvalue weighted by Crippen LogP contribution is 2.23. The number of nitrogens with one attached hydrogen (secondary N) is 1. The normalized spacial score (nSPS) is 13.3. The maximum absolute atomic E-state index is 13.3. The molecule has 0 spiro atoms. The Morgan fingerprint density at radius 3 is 2.22 bits per heavy atom. The van der Waals surface area contributed by atoms with Gasteiger partial charge < -0.3 is 10.2 Å². The van der Waals surface area contributed by atoms with Crippen LogP contribution < -0.4 is 5.32 Å². The van der Waals surface area contributed by atoms with Gasteiger partial charge in [-0.2, -0.15) is 0 Å². The van der Waals surface area contributed by atoms with E-state index >= 15 is 0 Å². The van der Waals surface area contributed by atoms with E-state index in [0.29, 0.717) is 19.4 Å². The number of benzene rings is 2. The van der Waals surface area contributed by atoms with Gasteiger partial charge in [0.2, 0.25) is 11.8 Å². The predicted molar refractivity (Wildman–Crippen MR) is 133 cm³/mol. The molecule has 0 aliphatic carbocycles. The second kappa shape index (κ2) is 11.3. The first kappa shape index (κ1) is 25.6. The molecule has 0 radical (unpaired) electrons. The summed E-state index contributed by atoms with van der Waals surface area (Å²) in [5.74, 6) is -0.104. The zero-order valence-electron chi connectivity index (χ0n) is 20.9. The molecule has 2 aromatic rings. The fourth-order valence-electron chi connectivity index (χ4n) is 3.62. The quantitative estimate of drug-likeness (QED) is 0.560. The molecule has 174 valence electrons. The van der Waals surface area contributed by atoms with E-state index < -0.39 is 6.04 Å². The third-order valence-corrected chi connectivity index (χ3v) is 6.05. The van der Waals surface area contributed by atoms with Crippen LogP contribution in [0.5, 0.6) is 0 Å². The van der Waals surface area contributed by atoms with Crippen LogP contribution in [-0.4, -0.2) is 28.8 Å². The molecule has 1 N–H and O–H groups in total. The summed E-state index contributed by atoms with van der Waals surface area (Å²) in [6.07, 6.45) is 1.89. The Balaban J connectivity index is 2.14. The summed E-state index contributed by atoms with van der Waals surface area (Å²) in [6.45, 7) is 14.9. The first-order chi connectivity index (χ1) is 15.0. The molecular formula is C28H40N2O2. The summed E-state index contributed by atoms with van der Waals surface area (Å²) in [5.41, 5.74) is 4.71. The molecule has 4 nitrogen and oxygen atoms in total. The van der Waals surface area contributed by atoms with E-state index in [9.17, 15) is 9.59 Å². The monoisotopic (exact) mass is 436 g/mol. The fraction of sp³-hybridized carbons (Fsp3) is 0.500. The summed E-state index contributed by atoms with van der Waals surface area (Å²) in [4.78, 5) is 27.8. The van der Waals surface area contributed by atoms with Gasteiger partial charge in [-0.25, -0.2) is 0 Å². The second-order valence-electron chi connectivity index (χ2n) is 9.95. The van der Waals surface area contributed by atoms with E-state index in [0.717, 1.165) is 23.1 Å². The molecule has 0 aliphatic heterocycles. The average Bonchev–Trinajstić information content (AvgIpc) is 2.75. The van der Waals surface area contributed by atoms with Gasteiger partial charge >= 0.3 is 0 Å². The van der Waals surface area contributed by atoms with E-state index in [1.54, 1.807) is 4.90 Å². The van der Waals surface area contributed by atoms with E-state index in [2.05, 4.69) is 56.4 Å². The highest BCUT2D eigenvalue weighted by atomic mass is 16.2. The van der Waals surface area contributed by atoms with Gasteiger partial charge in [0.15, 0.2) is 0 Å². The van der Waals surface area contributed by atoms with Crippen molar-refractivity contribution in [2.45, 2.75) is 91.8 Å². The Bertz CT molecular complexity index is 896. The molecule has 0 saturated carbocycles. The predicted octanol–water partition coefficient (Wildman–Crippen LogP) is 5.56. The number of carbonyl (C=O) groups excluding carboxylic acids is 2. The van der Waals surface area contributed by atoms with E-state index in [4.69, 9.17) is 0 Å². The molecule has 32 heavy (non-hydrogen) atoms. The molecule has 0 fully saturated rings. The van der Waals surface area contributed by atoms with Crippen molar-refractivity contribution in [2.75, 3.05) is 0 Å². The van der Waals surface area contributed by atoms with Crippen molar-refractivity contribution in [3.8, 4) is 0 Å².